The number of aromatic nitrogens is 2. The second-order valence-corrected chi connectivity index (χ2v) is 7.01. The monoisotopic (exact) mass is 304 g/mol. The molecule has 0 radical (unpaired) electrons. The molecule has 1 heterocycles. The van der Waals surface area contributed by atoms with E-state index in [0.29, 0.717) is 11.8 Å². The predicted octanol–water partition coefficient (Wildman–Crippen LogP) is 3.96. The summed E-state index contributed by atoms with van der Waals surface area (Å²) >= 11 is 0. The van der Waals surface area contributed by atoms with Crippen LogP contribution >= 0.6 is 7.60 Å². The van der Waals surface area contributed by atoms with Crippen LogP contribution in [0.1, 0.15) is 57.2 Å². The standard InChI is InChI=1S/C13H25N2O4P/c1-4-5-6-7-8-9-10-12-14-15-13(19-12)11-20(16,17-2)18-3/h4-11H2,1-3H3. The first-order valence-electron chi connectivity index (χ1n) is 7.15. The zero-order valence-electron chi connectivity index (χ0n) is 12.6. The average Bonchev–Trinajstić information content (AvgIpc) is 2.90. The van der Waals surface area contributed by atoms with Crippen LogP contribution < -0.4 is 0 Å². The van der Waals surface area contributed by atoms with Crippen LogP contribution in [-0.2, 0) is 26.2 Å². The van der Waals surface area contributed by atoms with E-state index in [4.69, 9.17) is 13.5 Å². The summed E-state index contributed by atoms with van der Waals surface area (Å²) in [5.41, 5.74) is 0. The van der Waals surface area contributed by atoms with Crippen molar-refractivity contribution in [3.8, 4) is 0 Å². The van der Waals surface area contributed by atoms with Crippen molar-refractivity contribution in [3.05, 3.63) is 11.8 Å². The fourth-order valence-corrected chi connectivity index (χ4v) is 2.75. The van der Waals surface area contributed by atoms with Gasteiger partial charge in [0.2, 0.25) is 11.8 Å². The first kappa shape index (κ1) is 17.3. The normalized spacial score (nSPS) is 11.9. The van der Waals surface area contributed by atoms with Crippen LogP contribution in [-0.4, -0.2) is 24.4 Å². The lowest BCUT2D eigenvalue weighted by Gasteiger charge is -2.10. The lowest BCUT2D eigenvalue weighted by molar-refractivity contribution is 0.271. The highest BCUT2D eigenvalue weighted by molar-refractivity contribution is 7.52. The molecule has 0 saturated carbocycles. The second-order valence-electron chi connectivity index (χ2n) is 4.74. The first-order chi connectivity index (χ1) is 9.63. The molecule has 6 nitrogen and oxygen atoms in total. The topological polar surface area (TPSA) is 74.5 Å². The Morgan fingerprint density at radius 2 is 1.60 bits per heavy atom. The Morgan fingerprint density at radius 3 is 2.25 bits per heavy atom. The van der Waals surface area contributed by atoms with Crippen molar-refractivity contribution in [1.82, 2.24) is 10.2 Å². The highest BCUT2D eigenvalue weighted by Gasteiger charge is 2.25. The van der Waals surface area contributed by atoms with Crippen molar-refractivity contribution in [2.75, 3.05) is 14.2 Å². The third-order valence-electron chi connectivity index (χ3n) is 3.14. The Hall–Kier alpha value is -0.710. The summed E-state index contributed by atoms with van der Waals surface area (Å²) in [5.74, 6) is 0.896. The molecule has 1 aromatic rings. The number of unbranched alkanes of at least 4 members (excludes halogenated alkanes) is 5. The Kier molecular flexibility index (Phi) is 8.04. The molecule has 0 unspecified atom stereocenters. The Balaban J connectivity index is 2.31. The first-order valence-corrected chi connectivity index (χ1v) is 8.88. The van der Waals surface area contributed by atoms with Crippen molar-refractivity contribution >= 4 is 7.60 Å². The van der Waals surface area contributed by atoms with Gasteiger partial charge in [-0.3, -0.25) is 4.57 Å². The fraction of sp³-hybridized carbons (Fsp3) is 0.846. The molecule has 0 aliphatic rings. The van der Waals surface area contributed by atoms with Crippen LogP contribution in [0.4, 0.5) is 0 Å². The summed E-state index contributed by atoms with van der Waals surface area (Å²) in [6, 6.07) is 0. The van der Waals surface area contributed by atoms with Crippen LogP contribution in [0.5, 0.6) is 0 Å². The molecule has 0 N–H and O–H groups in total. The molecule has 0 spiro atoms. The summed E-state index contributed by atoms with van der Waals surface area (Å²) in [6.07, 6.45) is 8.09. The minimum atomic E-state index is -3.13. The smallest absolute Gasteiger partial charge is 0.339 e. The van der Waals surface area contributed by atoms with E-state index in [1.165, 1.54) is 46.3 Å². The van der Waals surface area contributed by atoms with E-state index < -0.39 is 7.60 Å². The van der Waals surface area contributed by atoms with Crippen LogP contribution in [0.2, 0.25) is 0 Å². The minimum absolute atomic E-state index is 0.0174. The predicted molar refractivity (Wildman–Crippen MR) is 76.7 cm³/mol. The molecule has 0 bridgehead atoms. The van der Waals surface area contributed by atoms with Gasteiger partial charge >= 0.3 is 7.60 Å². The van der Waals surface area contributed by atoms with Crippen LogP contribution in [0.15, 0.2) is 4.42 Å². The SMILES string of the molecule is CCCCCCCCc1nnc(CP(=O)(OC)OC)o1. The van der Waals surface area contributed by atoms with Gasteiger partial charge in [-0.25, -0.2) is 0 Å². The Labute approximate surface area is 120 Å². The molecule has 0 atom stereocenters. The van der Waals surface area contributed by atoms with Gasteiger partial charge in [0.05, 0.1) is 0 Å². The zero-order chi connectivity index (χ0) is 14.8. The van der Waals surface area contributed by atoms with E-state index in [1.54, 1.807) is 0 Å². The van der Waals surface area contributed by atoms with Gasteiger partial charge in [-0.1, -0.05) is 39.0 Å². The van der Waals surface area contributed by atoms with Gasteiger partial charge in [0.15, 0.2) is 0 Å². The van der Waals surface area contributed by atoms with E-state index in [0.717, 1.165) is 12.8 Å². The van der Waals surface area contributed by atoms with Gasteiger partial charge in [-0.05, 0) is 6.42 Å². The molecule has 116 valence electrons. The van der Waals surface area contributed by atoms with Gasteiger partial charge in [-0.2, -0.15) is 0 Å². The van der Waals surface area contributed by atoms with Crippen LogP contribution in [0.3, 0.4) is 0 Å². The number of aryl methyl sites for hydroxylation is 1. The summed E-state index contributed by atoms with van der Waals surface area (Å²) in [4.78, 5) is 0. The molecular weight excluding hydrogens is 279 g/mol. The molecule has 0 aliphatic carbocycles. The van der Waals surface area contributed by atoms with Crippen LogP contribution in [0, 0.1) is 0 Å². The van der Waals surface area contributed by atoms with Crippen molar-refractivity contribution < 1.29 is 18.0 Å². The van der Waals surface area contributed by atoms with Gasteiger partial charge in [0.25, 0.3) is 0 Å². The number of nitrogens with zero attached hydrogens (tertiary/aromatic N) is 2. The Morgan fingerprint density at radius 1 is 1.00 bits per heavy atom. The maximum Gasteiger partial charge on any atom is 0.339 e. The number of hydrogen-bond donors (Lipinski definition) is 0. The molecule has 0 fully saturated rings. The summed E-state index contributed by atoms with van der Waals surface area (Å²) in [5, 5.41) is 7.83. The summed E-state index contributed by atoms with van der Waals surface area (Å²) < 4.78 is 27.1. The lowest BCUT2D eigenvalue weighted by atomic mass is 10.1. The maximum atomic E-state index is 11.9. The minimum Gasteiger partial charge on any atom is -0.425 e. The van der Waals surface area contributed by atoms with Gasteiger partial charge in [-0.15, -0.1) is 10.2 Å². The third-order valence-corrected chi connectivity index (χ3v) is 4.91. The number of hydrogen-bond acceptors (Lipinski definition) is 6. The molecule has 0 saturated heterocycles. The van der Waals surface area contributed by atoms with Gasteiger partial charge in [0, 0.05) is 20.6 Å². The largest absolute Gasteiger partial charge is 0.425 e. The molecule has 0 amide bonds. The average molecular weight is 304 g/mol. The van der Waals surface area contributed by atoms with Gasteiger partial charge in [0.1, 0.15) is 6.16 Å². The van der Waals surface area contributed by atoms with E-state index in [9.17, 15) is 4.57 Å². The maximum absolute atomic E-state index is 11.9. The fourth-order valence-electron chi connectivity index (χ4n) is 1.88. The molecule has 20 heavy (non-hydrogen) atoms. The molecular formula is C13H25N2O4P. The highest BCUT2D eigenvalue weighted by atomic mass is 31.2. The quantitative estimate of drug-likeness (QED) is 0.455. The van der Waals surface area contributed by atoms with Crippen molar-refractivity contribution in [1.29, 1.82) is 0 Å². The summed E-state index contributed by atoms with van der Waals surface area (Å²) in [7, 11) is -0.440. The third kappa shape index (κ3) is 6.16. The summed E-state index contributed by atoms with van der Waals surface area (Å²) in [6.45, 7) is 2.21. The molecule has 1 rings (SSSR count). The zero-order valence-corrected chi connectivity index (χ0v) is 13.5. The molecule has 0 aromatic carbocycles. The number of rotatable bonds is 11. The lowest BCUT2D eigenvalue weighted by Crippen LogP contribution is -1.93. The van der Waals surface area contributed by atoms with Crippen molar-refractivity contribution in [3.63, 3.8) is 0 Å². The Bertz CT molecular complexity index is 414. The molecule has 0 aliphatic heterocycles. The van der Waals surface area contributed by atoms with E-state index in [1.807, 2.05) is 0 Å². The van der Waals surface area contributed by atoms with Crippen molar-refractivity contribution in [2.24, 2.45) is 0 Å². The van der Waals surface area contributed by atoms with E-state index >= 15 is 0 Å². The second kappa shape index (κ2) is 9.27. The highest BCUT2D eigenvalue weighted by Crippen LogP contribution is 2.49. The molecule has 1 aromatic heterocycles. The van der Waals surface area contributed by atoms with Crippen molar-refractivity contribution in [2.45, 2.75) is 58.0 Å². The molecule has 7 heteroatoms. The van der Waals surface area contributed by atoms with Gasteiger partial charge < -0.3 is 13.5 Å². The van der Waals surface area contributed by atoms with E-state index in [2.05, 4.69) is 17.1 Å². The van der Waals surface area contributed by atoms with E-state index in [-0.39, 0.29) is 6.16 Å². The van der Waals surface area contributed by atoms with Crippen LogP contribution in [0.25, 0.3) is 0 Å².